The highest BCUT2D eigenvalue weighted by atomic mass is 35.5. The van der Waals surface area contributed by atoms with Gasteiger partial charge >= 0.3 is 6.09 Å². The molecule has 28 heavy (non-hydrogen) atoms. The normalized spacial score (nSPS) is 20.4. The molecular formula is C19H28ClFN2O4Si. The number of halogens is 2. The molecule has 156 valence electrons. The van der Waals surface area contributed by atoms with E-state index >= 15 is 0 Å². The minimum absolute atomic E-state index is 0.0758. The minimum Gasteiger partial charge on any atom is -0.465 e. The zero-order chi connectivity index (χ0) is 21.4. The van der Waals surface area contributed by atoms with E-state index in [0.29, 0.717) is 12.1 Å². The second-order valence-electron chi connectivity index (χ2n) is 8.62. The summed E-state index contributed by atoms with van der Waals surface area (Å²) in [7, 11) is -0.692. The zero-order valence-corrected chi connectivity index (χ0v) is 18.9. The number of anilines is 1. The molecule has 9 heteroatoms. The van der Waals surface area contributed by atoms with Gasteiger partial charge in [0.25, 0.3) is 5.91 Å². The van der Waals surface area contributed by atoms with Crippen LogP contribution in [0.3, 0.4) is 0 Å². The number of benzene rings is 1. The van der Waals surface area contributed by atoms with E-state index in [4.69, 9.17) is 16.0 Å². The van der Waals surface area contributed by atoms with Crippen LogP contribution >= 0.6 is 11.6 Å². The molecule has 1 aliphatic rings. The maximum atomic E-state index is 13.5. The zero-order valence-electron chi connectivity index (χ0n) is 17.1. The van der Waals surface area contributed by atoms with Gasteiger partial charge in [-0.3, -0.25) is 9.69 Å². The molecule has 1 heterocycles. The molecule has 1 aliphatic heterocycles. The Morgan fingerprint density at radius 3 is 2.46 bits per heavy atom. The van der Waals surface area contributed by atoms with E-state index in [1.54, 1.807) is 0 Å². The van der Waals surface area contributed by atoms with Crippen molar-refractivity contribution in [3.05, 3.63) is 29.0 Å². The highest BCUT2D eigenvalue weighted by Crippen LogP contribution is 2.39. The van der Waals surface area contributed by atoms with Crippen LogP contribution in [0.5, 0.6) is 0 Å². The van der Waals surface area contributed by atoms with Crippen LogP contribution in [-0.2, 0) is 9.22 Å². The van der Waals surface area contributed by atoms with Gasteiger partial charge in [0.05, 0.1) is 11.1 Å². The summed E-state index contributed by atoms with van der Waals surface area (Å²) in [6.07, 6.45) is -1.24. The number of hydrogen-bond acceptors (Lipinski definition) is 3. The maximum absolute atomic E-state index is 13.5. The van der Waals surface area contributed by atoms with Gasteiger partial charge in [-0.15, -0.1) is 0 Å². The standard InChI is InChI=1S/C19H28ClFN2O4Si/c1-19(2,3)28(5,6)27-15-9-10-23(18(25)26)16(15)17(24)22(4)12-7-8-14(21)13(20)11-12/h7-8,11,15-16H,9-10H2,1-6H3,(H,25,26)/t15-,16+/m1/s1. The van der Waals surface area contributed by atoms with E-state index in [0.717, 1.165) is 4.90 Å². The quantitative estimate of drug-likeness (QED) is 0.709. The Morgan fingerprint density at radius 2 is 1.96 bits per heavy atom. The fraction of sp³-hybridized carbons (Fsp3) is 0.579. The highest BCUT2D eigenvalue weighted by Gasteiger charge is 2.48. The molecule has 2 amide bonds. The number of hydrogen-bond donors (Lipinski definition) is 1. The monoisotopic (exact) mass is 430 g/mol. The molecule has 1 N–H and O–H groups in total. The molecule has 6 nitrogen and oxygen atoms in total. The van der Waals surface area contributed by atoms with Crippen molar-refractivity contribution in [3.8, 4) is 0 Å². The molecule has 0 bridgehead atoms. The van der Waals surface area contributed by atoms with Crippen molar-refractivity contribution >= 4 is 37.6 Å². The molecular weight excluding hydrogens is 403 g/mol. The van der Waals surface area contributed by atoms with Gasteiger partial charge in [-0.2, -0.15) is 0 Å². The van der Waals surface area contributed by atoms with E-state index in [-0.39, 0.29) is 16.6 Å². The Labute approximate surface area is 171 Å². The van der Waals surface area contributed by atoms with E-state index < -0.39 is 38.3 Å². The molecule has 0 aromatic heterocycles. The smallest absolute Gasteiger partial charge is 0.408 e. The molecule has 0 spiro atoms. The van der Waals surface area contributed by atoms with Gasteiger partial charge in [0, 0.05) is 19.3 Å². The lowest BCUT2D eigenvalue weighted by Gasteiger charge is -2.40. The summed E-state index contributed by atoms with van der Waals surface area (Å²) in [6, 6.07) is 3.00. The molecule has 2 atom stereocenters. The summed E-state index contributed by atoms with van der Waals surface area (Å²) >= 11 is 5.83. The van der Waals surface area contributed by atoms with Crippen molar-refractivity contribution < 1.29 is 23.5 Å². The first-order valence-corrected chi connectivity index (χ1v) is 12.4. The maximum Gasteiger partial charge on any atom is 0.408 e. The fourth-order valence-electron chi connectivity index (χ4n) is 2.97. The van der Waals surface area contributed by atoms with Crippen molar-refractivity contribution in [2.45, 2.75) is 57.5 Å². The van der Waals surface area contributed by atoms with Gasteiger partial charge in [-0.25, -0.2) is 9.18 Å². The molecule has 1 saturated heterocycles. The first-order valence-electron chi connectivity index (χ1n) is 9.16. The topological polar surface area (TPSA) is 70.1 Å². The van der Waals surface area contributed by atoms with Crippen molar-refractivity contribution in [1.29, 1.82) is 0 Å². The lowest BCUT2D eigenvalue weighted by molar-refractivity contribution is -0.124. The molecule has 0 aliphatic carbocycles. The average molecular weight is 431 g/mol. The molecule has 1 aromatic rings. The second-order valence-corrected chi connectivity index (χ2v) is 13.8. The van der Waals surface area contributed by atoms with Crippen LogP contribution in [0.4, 0.5) is 14.9 Å². The van der Waals surface area contributed by atoms with Crippen molar-refractivity contribution in [2.75, 3.05) is 18.5 Å². The molecule has 0 unspecified atom stereocenters. The third-order valence-electron chi connectivity index (χ3n) is 5.71. The summed E-state index contributed by atoms with van der Waals surface area (Å²) in [5.74, 6) is -1.01. The van der Waals surface area contributed by atoms with Crippen molar-refractivity contribution in [1.82, 2.24) is 4.90 Å². The number of carbonyl (C=O) groups excluding carboxylic acids is 1. The molecule has 1 aromatic carbocycles. The van der Waals surface area contributed by atoms with Crippen LogP contribution in [-0.4, -0.2) is 56.1 Å². The van der Waals surface area contributed by atoms with Crippen LogP contribution in [0.15, 0.2) is 18.2 Å². The number of nitrogens with zero attached hydrogens (tertiary/aromatic N) is 2. The minimum atomic E-state index is -2.21. The summed E-state index contributed by atoms with van der Waals surface area (Å²) < 4.78 is 19.9. The molecule has 0 radical (unpaired) electrons. The fourth-order valence-corrected chi connectivity index (χ4v) is 4.50. The first-order chi connectivity index (χ1) is 12.8. The molecule has 0 saturated carbocycles. The van der Waals surface area contributed by atoms with Gasteiger partial charge in [0.1, 0.15) is 11.9 Å². The predicted octanol–water partition coefficient (Wildman–Crippen LogP) is 4.58. The van der Waals surface area contributed by atoms with Crippen molar-refractivity contribution in [3.63, 3.8) is 0 Å². The van der Waals surface area contributed by atoms with Crippen LogP contribution in [0, 0.1) is 5.82 Å². The van der Waals surface area contributed by atoms with Gasteiger partial charge in [0.2, 0.25) is 0 Å². The first kappa shape index (κ1) is 22.6. The van der Waals surface area contributed by atoms with Crippen molar-refractivity contribution in [2.24, 2.45) is 0 Å². The number of rotatable bonds is 4. The van der Waals surface area contributed by atoms with Crippen LogP contribution in [0.1, 0.15) is 27.2 Å². The molecule has 1 fully saturated rings. The lowest BCUT2D eigenvalue weighted by atomic mass is 10.1. The molecule has 2 rings (SSSR count). The average Bonchev–Trinajstić information content (AvgIpc) is 2.98. The Balaban J connectivity index is 2.33. The summed E-state index contributed by atoms with van der Waals surface area (Å²) in [4.78, 5) is 27.4. The Bertz CT molecular complexity index is 769. The number of likely N-dealkylation sites (N-methyl/N-ethyl adjacent to an activating group) is 1. The Kier molecular flexibility index (Phi) is 6.47. The van der Waals surface area contributed by atoms with Gasteiger partial charge in [-0.05, 0) is 42.8 Å². The van der Waals surface area contributed by atoms with Crippen LogP contribution < -0.4 is 4.90 Å². The predicted molar refractivity (Wildman–Crippen MR) is 110 cm³/mol. The Hall–Kier alpha value is -1.64. The third-order valence-corrected chi connectivity index (χ3v) is 10.5. The number of amides is 2. The third kappa shape index (κ3) is 4.50. The van der Waals surface area contributed by atoms with Gasteiger partial charge in [0.15, 0.2) is 8.32 Å². The van der Waals surface area contributed by atoms with Crippen LogP contribution in [0.2, 0.25) is 23.2 Å². The van der Waals surface area contributed by atoms with E-state index in [9.17, 15) is 19.1 Å². The van der Waals surface area contributed by atoms with E-state index in [1.807, 2.05) is 0 Å². The SMILES string of the molecule is CN(C(=O)[C@@H]1[C@H](O[Si](C)(C)C(C)(C)C)CCN1C(=O)O)c1ccc(F)c(Cl)c1. The summed E-state index contributed by atoms with van der Waals surface area (Å²) in [5.41, 5.74) is 0.389. The summed E-state index contributed by atoms with van der Waals surface area (Å²) in [5, 5.41) is 9.40. The van der Waals surface area contributed by atoms with Gasteiger partial charge in [-0.1, -0.05) is 32.4 Å². The highest BCUT2D eigenvalue weighted by molar-refractivity contribution is 6.74. The van der Waals surface area contributed by atoms with E-state index in [1.165, 1.54) is 30.1 Å². The lowest BCUT2D eigenvalue weighted by Crippen LogP contribution is -2.54. The number of carboxylic acid groups (broad SMARTS) is 1. The second kappa shape index (κ2) is 8.00. The largest absolute Gasteiger partial charge is 0.465 e. The van der Waals surface area contributed by atoms with Gasteiger partial charge < -0.3 is 14.4 Å². The van der Waals surface area contributed by atoms with Crippen LogP contribution in [0.25, 0.3) is 0 Å². The summed E-state index contributed by atoms with van der Waals surface area (Å²) in [6.45, 7) is 10.6. The Morgan fingerprint density at radius 1 is 1.36 bits per heavy atom. The number of likely N-dealkylation sites (tertiary alicyclic amines) is 1. The van der Waals surface area contributed by atoms with E-state index in [2.05, 4.69) is 33.9 Å². The number of carbonyl (C=O) groups is 2.